The van der Waals surface area contributed by atoms with Crippen molar-refractivity contribution in [1.29, 1.82) is 0 Å². The highest BCUT2D eigenvalue weighted by Crippen LogP contribution is 2.16. The highest BCUT2D eigenvalue weighted by atomic mass is 32.2. The molecule has 1 aromatic carbocycles. The summed E-state index contributed by atoms with van der Waals surface area (Å²) in [7, 11) is -7.14. The van der Waals surface area contributed by atoms with Crippen molar-refractivity contribution in [3.05, 3.63) is 41.5 Å². The van der Waals surface area contributed by atoms with Crippen LogP contribution in [0.2, 0.25) is 0 Å². The van der Waals surface area contributed by atoms with Crippen LogP contribution in [0.5, 0.6) is 0 Å². The Kier molecular flexibility index (Phi) is 7.45. The quantitative estimate of drug-likeness (QED) is 0.552. The van der Waals surface area contributed by atoms with Crippen LogP contribution in [0.15, 0.2) is 33.9 Å². The van der Waals surface area contributed by atoms with Gasteiger partial charge in [-0.15, -0.1) is 5.10 Å². The summed E-state index contributed by atoms with van der Waals surface area (Å²) in [6.07, 6.45) is 2.02. The molecule has 2 aromatic rings. The third-order valence-electron chi connectivity index (χ3n) is 3.64. The molecule has 27 heavy (non-hydrogen) atoms. The minimum absolute atomic E-state index is 0.0792. The second-order valence-corrected chi connectivity index (χ2v) is 9.81. The Morgan fingerprint density at radius 2 is 1.78 bits per heavy atom. The molecule has 0 saturated heterocycles. The highest BCUT2D eigenvalue weighted by molar-refractivity contribution is 7.90. The van der Waals surface area contributed by atoms with Crippen LogP contribution in [0.3, 0.4) is 0 Å². The molecule has 0 atom stereocenters. The van der Waals surface area contributed by atoms with Crippen LogP contribution in [0.1, 0.15) is 37.6 Å². The van der Waals surface area contributed by atoms with Crippen LogP contribution in [-0.2, 0) is 32.0 Å². The summed E-state index contributed by atoms with van der Waals surface area (Å²) in [6.45, 7) is 2.11. The van der Waals surface area contributed by atoms with Crippen molar-refractivity contribution in [2.24, 2.45) is 0 Å². The molecule has 0 spiro atoms. The van der Waals surface area contributed by atoms with E-state index in [1.165, 1.54) is 24.3 Å². The Balaban J connectivity index is 1.87. The van der Waals surface area contributed by atoms with Gasteiger partial charge < -0.3 is 4.42 Å². The zero-order valence-corrected chi connectivity index (χ0v) is 16.5. The molecule has 11 heteroatoms. The molecule has 1 aromatic heterocycles. The van der Waals surface area contributed by atoms with Crippen LogP contribution in [-0.4, -0.2) is 39.3 Å². The van der Waals surface area contributed by atoms with Gasteiger partial charge in [-0.3, -0.25) is 0 Å². The van der Waals surface area contributed by atoms with E-state index in [-0.39, 0.29) is 30.4 Å². The van der Waals surface area contributed by atoms with E-state index in [4.69, 9.17) is 4.42 Å². The summed E-state index contributed by atoms with van der Waals surface area (Å²) in [6, 6.07) is 5.08. The second-order valence-electron chi connectivity index (χ2n) is 6.02. The lowest BCUT2D eigenvalue weighted by Gasteiger charge is -2.04. The molecule has 150 valence electrons. The SMILES string of the molecule is CCCCS(=O)(=O)NCCCc1nnc(S(=O)(=O)Cc2ccc(F)cc2)o1. The average molecular weight is 420 g/mol. The Hall–Kier alpha value is -1.85. The molecule has 0 amide bonds. The van der Waals surface area contributed by atoms with E-state index >= 15 is 0 Å². The Morgan fingerprint density at radius 1 is 1.07 bits per heavy atom. The first kappa shape index (κ1) is 21.5. The van der Waals surface area contributed by atoms with Crippen molar-refractivity contribution in [1.82, 2.24) is 14.9 Å². The Bertz CT molecular complexity index is 941. The van der Waals surface area contributed by atoms with Gasteiger partial charge in [0.15, 0.2) is 0 Å². The van der Waals surface area contributed by atoms with Crippen molar-refractivity contribution in [2.75, 3.05) is 12.3 Å². The van der Waals surface area contributed by atoms with Crippen LogP contribution >= 0.6 is 0 Å². The molecule has 0 fully saturated rings. The number of unbranched alkanes of at least 4 members (excludes halogenated alkanes) is 1. The number of nitrogens with one attached hydrogen (secondary N) is 1. The van der Waals surface area contributed by atoms with Crippen molar-refractivity contribution >= 4 is 19.9 Å². The number of sulfonamides is 1. The Morgan fingerprint density at radius 3 is 2.44 bits per heavy atom. The summed E-state index contributed by atoms with van der Waals surface area (Å²) >= 11 is 0. The van der Waals surface area contributed by atoms with Crippen molar-refractivity contribution < 1.29 is 25.6 Å². The van der Waals surface area contributed by atoms with Gasteiger partial charge in [0.2, 0.25) is 25.8 Å². The number of sulfone groups is 1. The zero-order chi connectivity index (χ0) is 19.9. The topological polar surface area (TPSA) is 119 Å². The van der Waals surface area contributed by atoms with Crippen LogP contribution < -0.4 is 4.72 Å². The fourth-order valence-electron chi connectivity index (χ4n) is 2.20. The summed E-state index contributed by atoms with van der Waals surface area (Å²) in [5.41, 5.74) is 0.401. The number of aryl methyl sites for hydroxylation is 1. The lowest BCUT2D eigenvalue weighted by molar-refractivity contribution is 0.393. The van der Waals surface area contributed by atoms with Gasteiger partial charge in [0.05, 0.1) is 11.5 Å². The molecule has 8 nitrogen and oxygen atoms in total. The van der Waals surface area contributed by atoms with Crippen LogP contribution in [0, 0.1) is 5.82 Å². The van der Waals surface area contributed by atoms with E-state index in [0.29, 0.717) is 18.4 Å². The summed E-state index contributed by atoms with van der Waals surface area (Å²) in [4.78, 5) is 0. The van der Waals surface area contributed by atoms with Gasteiger partial charge in [-0.05, 0) is 30.5 Å². The minimum atomic E-state index is -3.84. The van der Waals surface area contributed by atoms with Crippen LogP contribution in [0.4, 0.5) is 4.39 Å². The number of aromatic nitrogens is 2. The summed E-state index contributed by atoms with van der Waals surface area (Å²) < 4.78 is 68.4. The van der Waals surface area contributed by atoms with Gasteiger partial charge in [0.25, 0.3) is 0 Å². The largest absolute Gasteiger partial charge is 0.413 e. The predicted molar refractivity (Wildman–Crippen MR) is 96.6 cm³/mol. The second kappa shape index (κ2) is 9.38. The number of benzene rings is 1. The van der Waals surface area contributed by atoms with Gasteiger partial charge in [-0.1, -0.05) is 30.6 Å². The molecule has 1 N–H and O–H groups in total. The lowest BCUT2D eigenvalue weighted by Crippen LogP contribution is -2.27. The molecule has 0 aliphatic rings. The van der Waals surface area contributed by atoms with E-state index < -0.39 is 30.9 Å². The molecule has 0 radical (unpaired) electrons. The maximum Gasteiger partial charge on any atom is 0.335 e. The first-order valence-electron chi connectivity index (χ1n) is 8.49. The molecule has 0 unspecified atom stereocenters. The number of nitrogens with zero attached hydrogens (tertiary/aromatic N) is 2. The molecule has 0 bridgehead atoms. The van der Waals surface area contributed by atoms with E-state index in [9.17, 15) is 21.2 Å². The smallest absolute Gasteiger partial charge is 0.335 e. The van der Waals surface area contributed by atoms with Gasteiger partial charge in [-0.25, -0.2) is 25.9 Å². The fraction of sp³-hybridized carbons (Fsp3) is 0.500. The summed E-state index contributed by atoms with van der Waals surface area (Å²) in [5, 5.41) is 6.73. The molecule has 0 aliphatic carbocycles. The first-order chi connectivity index (χ1) is 12.7. The highest BCUT2D eigenvalue weighted by Gasteiger charge is 2.23. The first-order valence-corrected chi connectivity index (χ1v) is 11.8. The van der Waals surface area contributed by atoms with E-state index in [1.807, 2.05) is 6.92 Å². The van der Waals surface area contributed by atoms with Crippen molar-refractivity contribution in [3.63, 3.8) is 0 Å². The minimum Gasteiger partial charge on any atom is -0.413 e. The number of hydrogen-bond acceptors (Lipinski definition) is 7. The summed E-state index contributed by atoms with van der Waals surface area (Å²) in [5.74, 6) is -0.649. The average Bonchev–Trinajstić information content (AvgIpc) is 3.09. The van der Waals surface area contributed by atoms with Gasteiger partial charge >= 0.3 is 5.22 Å². The molecule has 0 aliphatic heterocycles. The van der Waals surface area contributed by atoms with E-state index in [2.05, 4.69) is 14.9 Å². The number of halogens is 1. The van der Waals surface area contributed by atoms with E-state index in [1.54, 1.807) is 0 Å². The maximum absolute atomic E-state index is 12.9. The van der Waals surface area contributed by atoms with E-state index in [0.717, 1.165) is 6.42 Å². The molecular weight excluding hydrogens is 397 g/mol. The third-order valence-corrected chi connectivity index (χ3v) is 6.52. The monoisotopic (exact) mass is 419 g/mol. The molecule has 0 saturated carbocycles. The lowest BCUT2D eigenvalue weighted by atomic mass is 10.2. The third kappa shape index (κ3) is 7.00. The molecular formula is C16H22FN3O5S2. The van der Waals surface area contributed by atoms with Crippen LogP contribution in [0.25, 0.3) is 0 Å². The normalized spacial score (nSPS) is 12.4. The van der Waals surface area contributed by atoms with Gasteiger partial charge in [-0.2, -0.15) is 0 Å². The number of rotatable bonds is 11. The Labute approximate surface area is 158 Å². The van der Waals surface area contributed by atoms with Crippen molar-refractivity contribution in [2.45, 2.75) is 43.6 Å². The van der Waals surface area contributed by atoms with Gasteiger partial charge in [0.1, 0.15) is 5.82 Å². The predicted octanol–water partition coefficient (Wildman–Crippen LogP) is 1.83. The molecule has 2 rings (SSSR count). The van der Waals surface area contributed by atoms with Gasteiger partial charge in [0, 0.05) is 13.0 Å². The fourth-order valence-corrected chi connectivity index (χ4v) is 4.61. The zero-order valence-electron chi connectivity index (χ0n) is 14.9. The standard InChI is InChI=1S/C16H22FN3O5S2/c1-2-3-11-27(23,24)18-10-4-5-15-19-20-16(25-15)26(21,22)12-13-6-8-14(17)9-7-13/h6-9,18H,2-5,10-12H2,1H3. The molecule has 1 heterocycles. The maximum atomic E-state index is 12.9. The van der Waals surface area contributed by atoms with Crippen molar-refractivity contribution in [3.8, 4) is 0 Å². The number of hydrogen-bond donors (Lipinski definition) is 1.